The summed E-state index contributed by atoms with van der Waals surface area (Å²) in [6.07, 6.45) is 0. The van der Waals surface area contributed by atoms with E-state index in [2.05, 4.69) is 10.2 Å². The standard InChI is InChI=1S/C20H20N2O4S/c1-12-5-6-17(13(2)7-12)18(23)11-27-20-22-21-19(26-20)14-8-15(24-3)10-16(9-14)25-4/h5-10H,11H2,1-4H3. The average molecular weight is 384 g/mol. The van der Waals surface area contributed by atoms with Crippen molar-refractivity contribution < 1.29 is 18.7 Å². The lowest BCUT2D eigenvalue weighted by Gasteiger charge is -2.06. The van der Waals surface area contributed by atoms with Crippen molar-refractivity contribution in [1.82, 2.24) is 10.2 Å². The van der Waals surface area contributed by atoms with Gasteiger partial charge >= 0.3 is 0 Å². The summed E-state index contributed by atoms with van der Waals surface area (Å²) in [5.74, 6) is 1.85. The lowest BCUT2D eigenvalue weighted by molar-refractivity contribution is 0.102. The van der Waals surface area contributed by atoms with E-state index in [1.54, 1.807) is 32.4 Å². The van der Waals surface area contributed by atoms with Crippen LogP contribution in [0, 0.1) is 13.8 Å². The van der Waals surface area contributed by atoms with Crippen molar-refractivity contribution in [2.45, 2.75) is 19.1 Å². The number of aryl methyl sites for hydroxylation is 2. The first-order valence-electron chi connectivity index (χ1n) is 8.30. The van der Waals surface area contributed by atoms with Crippen LogP contribution in [0.2, 0.25) is 0 Å². The highest BCUT2D eigenvalue weighted by Gasteiger charge is 2.15. The number of ketones is 1. The number of aromatic nitrogens is 2. The lowest BCUT2D eigenvalue weighted by Crippen LogP contribution is -2.04. The SMILES string of the molecule is COc1cc(OC)cc(-c2nnc(SCC(=O)c3ccc(C)cc3C)o2)c1. The number of benzene rings is 2. The molecule has 27 heavy (non-hydrogen) atoms. The van der Waals surface area contributed by atoms with Crippen molar-refractivity contribution in [3.05, 3.63) is 53.1 Å². The molecule has 0 bridgehead atoms. The monoisotopic (exact) mass is 384 g/mol. The fraction of sp³-hybridized carbons (Fsp3) is 0.250. The molecule has 2 aromatic carbocycles. The summed E-state index contributed by atoms with van der Waals surface area (Å²) < 4.78 is 16.2. The van der Waals surface area contributed by atoms with Gasteiger partial charge in [0.1, 0.15) is 11.5 Å². The Kier molecular flexibility index (Phi) is 5.81. The minimum atomic E-state index is 0.0281. The van der Waals surface area contributed by atoms with Crippen LogP contribution in [0.25, 0.3) is 11.5 Å². The molecule has 1 aromatic heterocycles. The van der Waals surface area contributed by atoms with Gasteiger partial charge in [-0.15, -0.1) is 10.2 Å². The molecule has 140 valence electrons. The first-order chi connectivity index (χ1) is 13.0. The van der Waals surface area contributed by atoms with Crippen molar-refractivity contribution in [3.8, 4) is 23.0 Å². The summed E-state index contributed by atoms with van der Waals surface area (Å²) in [6, 6.07) is 11.1. The van der Waals surface area contributed by atoms with Crippen LogP contribution in [-0.2, 0) is 0 Å². The molecule has 6 nitrogen and oxygen atoms in total. The largest absolute Gasteiger partial charge is 0.497 e. The maximum absolute atomic E-state index is 12.5. The number of rotatable bonds is 7. The van der Waals surface area contributed by atoms with Crippen LogP contribution in [-0.4, -0.2) is 36.0 Å². The van der Waals surface area contributed by atoms with E-state index in [0.717, 1.165) is 11.1 Å². The van der Waals surface area contributed by atoms with Gasteiger partial charge in [0, 0.05) is 17.2 Å². The number of carbonyl (C=O) groups excluding carboxylic acids is 1. The molecular weight excluding hydrogens is 364 g/mol. The number of nitrogens with zero attached hydrogens (tertiary/aromatic N) is 2. The Morgan fingerprint density at radius 2 is 1.74 bits per heavy atom. The summed E-state index contributed by atoms with van der Waals surface area (Å²) in [7, 11) is 3.15. The van der Waals surface area contributed by atoms with Gasteiger partial charge in [0.25, 0.3) is 5.22 Å². The van der Waals surface area contributed by atoms with Crippen LogP contribution < -0.4 is 9.47 Å². The van der Waals surface area contributed by atoms with Crippen LogP contribution in [0.1, 0.15) is 21.5 Å². The molecule has 0 fully saturated rings. The molecule has 0 atom stereocenters. The predicted octanol–water partition coefficient (Wildman–Crippen LogP) is 4.35. The predicted molar refractivity (Wildman–Crippen MR) is 104 cm³/mol. The quantitative estimate of drug-likeness (QED) is 0.443. The number of Topliss-reactive ketones (excluding diaryl/α,β-unsaturated/α-hetero) is 1. The van der Waals surface area contributed by atoms with Crippen LogP contribution in [0.3, 0.4) is 0 Å². The Labute approximate surface area is 161 Å². The van der Waals surface area contributed by atoms with E-state index >= 15 is 0 Å². The van der Waals surface area contributed by atoms with E-state index in [1.807, 2.05) is 32.0 Å². The Bertz CT molecular complexity index is 946. The van der Waals surface area contributed by atoms with E-state index in [0.29, 0.717) is 33.7 Å². The van der Waals surface area contributed by atoms with Gasteiger partial charge in [0.15, 0.2) is 5.78 Å². The second kappa shape index (κ2) is 8.26. The highest BCUT2D eigenvalue weighted by atomic mass is 32.2. The maximum atomic E-state index is 12.5. The third kappa shape index (κ3) is 4.49. The normalized spacial score (nSPS) is 10.7. The van der Waals surface area contributed by atoms with Crippen molar-refractivity contribution in [1.29, 1.82) is 0 Å². The van der Waals surface area contributed by atoms with Crippen molar-refractivity contribution >= 4 is 17.5 Å². The van der Waals surface area contributed by atoms with Crippen LogP contribution >= 0.6 is 11.8 Å². The zero-order valence-electron chi connectivity index (χ0n) is 15.6. The zero-order chi connectivity index (χ0) is 19.4. The maximum Gasteiger partial charge on any atom is 0.277 e. The Morgan fingerprint density at radius 1 is 1.04 bits per heavy atom. The average Bonchev–Trinajstić information content (AvgIpc) is 3.14. The smallest absolute Gasteiger partial charge is 0.277 e. The van der Waals surface area contributed by atoms with E-state index in [-0.39, 0.29) is 11.5 Å². The molecule has 1 heterocycles. The summed E-state index contributed by atoms with van der Waals surface area (Å²) in [6.45, 7) is 3.94. The highest BCUT2D eigenvalue weighted by molar-refractivity contribution is 7.99. The number of hydrogen-bond donors (Lipinski definition) is 0. The summed E-state index contributed by atoms with van der Waals surface area (Å²) in [4.78, 5) is 12.5. The molecular formula is C20H20N2O4S. The highest BCUT2D eigenvalue weighted by Crippen LogP contribution is 2.30. The van der Waals surface area contributed by atoms with E-state index in [1.165, 1.54) is 11.8 Å². The Morgan fingerprint density at radius 3 is 2.37 bits per heavy atom. The van der Waals surface area contributed by atoms with E-state index < -0.39 is 0 Å². The van der Waals surface area contributed by atoms with E-state index in [4.69, 9.17) is 13.9 Å². The Balaban J connectivity index is 1.72. The summed E-state index contributed by atoms with van der Waals surface area (Å²) in [5, 5.41) is 8.41. The summed E-state index contributed by atoms with van der Waals surface area (Å²) >= 11 is 1.22. The topological polar surface area (TPSA) is 74.5 Å². The number of methoxy groups -OCH3 is 2. The molecule has 7 heteroatoms. The molecule has 0 amide bonds. The van der Waals surface area contributed by atoms with Crippen LogP contribution in [0.15, 0.2) is 46.0 Å². The number of carbonyl (C=O) groups is 1. The van der Waals surface area contributed by atoms with Gasteiger partial charge in [0.2, 0.25) is 5.89 Å². The van der Waals surface area contributed by atoms with Crippen LogP contribution in [0.5, 0.6) is 11.5 Å². The molecule has 0 saturated carbocycles. The van der Waals surface area contributed by atoms with Crippen LogP contribution in [0.4, 0.5) is 0 Å². The molecule has 0 aliphatic heterocycles. The molecule has 0 N–H and O–H groups in total. The zero-order valence-corrected chi connectivity index (χ0v) is 16.4. The molecule has 0 radical (unpaired) electrons. The fourth-order valence-corrected chi connectivity index (χ4v) is 3.29. The second-order valence-electron chi connectivity index (χ2n) is 6.00. The fourth-order valence-electron chi connectivity index (χ4n) is 2.65. The van der Waals surface area contributed by atoms with Gasteiger partial charge in [-0.05, 0) is 31.5 Å². The molecule has 3 aromatic rings. The first kappa shape index (κ1) is 19.0. The van der Waals surface area contributed by atoms with Gasteiger partial charge in [-0.1, -0.05) is 35.5 Å². The second-order valence-corrected chi connectivity index (χ2v) is 6.93. The minimum Gasteiger partial charge on any atom is -0.497 e. The summed E-state index contributed by atoms with van der Waals surface area (Å²) in [5.41, 5.74) is 3.50. The minimum absolute atomic E-state index is 0.0281. The van der Waals surface area contributed by atoms with Crippen molar-refractivity contribution in [3.63, 3.8) is 0 Å². The molecule has 0 unspecified atom stereocenters. The van der Waals surface area contributed by atoms with Gasteiger partial charge in [-0.2, -0.15) is 0 Å². The molecule has 0 aliphatic carbocycles. The first-order valence-corrected chi connectivity index (χ1v) is 9.29. The van der Waals surface area contributed by atoms with Gasteiger partial charge in [-0.25, -0.2) is 0 Å². The van der Waals surface area contributed by atoms with Crippen molar-refractivity contribution in [2.24, 2.45) is 0 Å². The Hall–Kier alpha value is -2.80. The van der Waals surface area contributed by atoms with E-state index in [9.17, 15) is 4.79 Å². The van der Waals surface area contributed by atoms with Crippen molar-refractivity contribution in [2.75, 3.05) is 20.0 Å². The van der Waals surface area contributed by atoms with Gasteiger partial charge in [0.05, 0.1) is 20.0 Å². The molecule has 0 aliphatic rings. The van der Waals surface area contributed by atoms with Gasteiger partial charge < -0.3 is 13.9 Å². The lowest BCUT2D eigenvalue weighted by atomic mass is 10.0. The number of ether oxygens (including phenoxy) is 2. The third-order valence-electron chi connectivity index (χ3n) is 4.01. The number of thioether (sulfide) groups is 1. The molecule has 0 saturated heterocycles. The van der Waals surface area contributed by atoms with Gasteiger partial charge in [-0.3, -0.25) is 4.79 Å². The molecule has 3 rings (SSSR count). The number of hydrogen-bond acceptors (Lipinski definition) is 7. The third-order valence-corrected chi connectivity index (χ3v) is 4.83. The molecule has 0 spiro atoms.